The quantitative estimate of drug-likeness (QED) is 0.829. The second kappa shape index (κ2) is 5.13. The van der Waals surface area contributed by atoms with Crippen LogP contribution in [0, 0.1) is 6.92 Å². The summed E-state index contributed by atoms with van der Waals surface area (Å²) in [6.45, 7) is 1.47. The molecule has 0 unspecified atom stereocenters. The number of hydrogen-bond acceptors (Lipinski definition) is 5. The van der Waals surface area contributed by atoms with Crippen LogP contribution in [0.15, 0.2) is 14.7 Å². The summed E-state index contributed by atoms with van der Waals surface area (Å²) in [6, 6.07) is 0.247. The van der Waals surface area contributed by atoms with Gasteiger partial charge in [0, 0.05) is 17.8 Å². The molecule has 1 aliphatic rings. The highest BCUT2D eigenvalue weighted by molar-refractivity contribution is 9.11. The number of sulfonamides is 1. The molecular weight excluding hydrogens is 358 g/mol. The van der Waals surface area contributed by atoms with Crippen molar-refractivity contribution in [2.45, 2.75) is 30.4 Å². The first-order valence-corrected chi connectivity index (χ1v) is 8.47. The largest absolute Gasteiger partial charge is 0.480 e. The van der Waals surface area contributed by atoms with Gasteiger partial charge >= 0.3 is 5.97 Å². The summed E-state index contributed by atoms with van der Waals surface area (Å²) in [7, 11) is -3.90. The molecule has 1 fully saturated rings. The van der Waals surface area contributed by atoms with E-state index < -0.39 is 28.1 Å². The van der Waals surface area contributed by atoms with E-state index in [2.05, 4.69) is 15.9 Å². The predicted octanol–water partition coefficient (Wildman–Crippen LogP) is 1.03. The molecule has 19 heavy (non-hydrogen) atoms. The van der Waals surface area contributed by atoms with Crippen molar-refractivity contribution in [3.8, 4) is 0 Å². The van der Waals surface area contributed by atoms with Crippen molar-refractivity contribution in [3.63, 3.8) is 0 Å². The van der Waals surface area contributed by atoms with Gasteiger partial charge in [-0.1, -0.05) is 0 Å². The van der Waals surface area contributed by atoms with E-state index in [0.717, 1.165) is 4.31 Å². The third kappa shape index (κ3) is 2.70. The minimum Gasteiger partial charge on any atom is -0.480 e. The van der Waals surface area contributed by atoms with Gasteiger partial charge in [-0.05, 0) is 28.9 Å². The minimum atomic E-state index is -3.90. The number of thiophene rings is 1. The van der Waals surface area contributed by atoms with Gasteiger partial charge in [0.2, 0.25) is 10.0 Å². The van der Waals surface area contributed by atoms with E-state index in [1.165, 1.54) is 17.4 Å². The first-order valence-electron chi connectivity index (χ1n) is 5.42. The van der Waals surface area contributed by atoms with Crippen LogP contribution in [0.2, 0.25) is 0 Å². The summed E-state index contributed by atoms with van der Waals surface area (Å²) in [4.78, 5) is 11.8. The molecule has 2 atom stereocenters. The van der Waals surface area contributed by atoms with Crippen LogP contribution in [0.1, 0.15) is 11.3 Å². The normalized spacial score (nSPS) is 24.8. The fourth-order valence-corrected chi connectivity index (χ4v) is 6.10. The Kier molecular flexibility index (Phi) is 4.03. The van der Waals surface area contributed by atoms with E-state index in [4.69, 9.17) is 5.11 Å². The number of halogens is 1. The fraction of sp³-hybridized carbons (Fsp3) is 0.500. The molecule has 2 heterocycles. The lowest BCUT2D eigenvalue weighted by Gasteiger charge is -2.20. The van der Waals surface area contributed by atoms with Crippen molar-refractivity contribution in [3.05, 3.63) is 14.7 Å². The van der Waals surface area contributed by atoms with Gasteiger partial charge in [-0.15, -0.1) is 11.3 Å². The monoisotopic (exact) mass is 369 g/mol. The average molecular weight is 370 g/mol. The lowest BCUT2D eigenvalue weighted by molar-refractivity contribution is -0.140. The summed E-state index contributed by atoms with van der Waals surface area (Å²) in [5.74, 6) is -1.24. The highest BCUT2D eigenvalue weighted by Crippen LogP contribution is 2.34. The molecule has 6 nitrogen and oxygen atoms in total. The van der Waals surface area contributed by atoms with Gasteiger partial charge in [0.1, 0.15) is 6.04 Å². The highest BCUT2D eigenvalue weighted by atomic mass is 79.9. The second-order valence-corrected chi connectivity index (χ2v) is 8.78. The molecular formula is C10H12BrNO5S2. The zero-order chi connectivity index (χ0) is 14.4. The standard InChI is InChI=1S/C10H12BrNO5S2/c1-5-8(3-9(11)18-5)19(16,17)12-4-6(13)2-7(12)10(14)15/h3,6-7,13H,2,4H2,1H3,(H,14,15)/t6-,7-/m0/s1. The number of rotatable bonds is 3. The van der Waals surface area contributed by atoms with Crippen LogP contribution in [0.5, 0.6) is 0 Å². The third-order valence-electron chi connectivity index (χ3n) is 2.95. The predicted molar refractivity (Wildman–Crippen MR) is 72.7 cm³/mol. The molecule has 0 aliphatic carbocycles. The van der Waals surface area contributed by atoms with Crippen molar-refractivity contribution in [1.29, 1.82) is 0 Å². The third-order valence-corrected chi connectivity index (χ3v) is 6.63. The van der Waals surface area contributed by atoms with E-state index in [1.807, 2.05) is 0 Å². The number of aliphatic hydroxyl groups is 1. The van der Waals surface area contributed by atoms with E-state index in [0.29, 0.717) is 8.66 Å². The molecule has 0 spiro atoms. The topological polar surface area (TPSA) is 94.9 Å². The maximum atomic E-state index is 12.5. The SMILES string of the molecule is Cc1sc(Br)cc1S(=O)(=O)N1C[C@@H](O)C[C@H]1C(=O)O. The highest BCUT2D eigenvalue weighted by Gasteiger charge is 2.44. The van der Waals surface area contributed by atoms with Gasteiger partial charge in [-0.2, -0.15) is 4.31 Å². The number of aryl methyl sites for hydroxylation is 1. The number of hydrogen-bond donors (Lipinski definition) is 2. The number of aliphatic hydroxyl groups excluding tert-OH is 1. The summed E-state index contributed by atoms with van der Waals surface area (Å²) in [6.07, 6.45) is -1.03. The smallest absolute Gasteiger partial charge is 0.322 e. The molecule has 106 valence electrons. The summed E-state index contributed by atoms with van der Waals surface area (Å²) in [5.41, 5.74) is 0. The lowest BCUT2D eigenvalue weighted by Crippen LogP contribution is -2.40. The van der Waals surface area contributed by atoms with Crippen molar-refractivity contribution in [2.75, 3.05) is 6.54 Å². The molecule has 0 saturated carbocycles. The van der Waals surface area contributed by atoms with Crippen molar-refractivity contribution in [2.24, 2.45) is 0 Å². The number of aliphatic carboxylic acids is 1. The summed E-state index contributed by atoms with van der Waals surface area (Å²) >= 11 is 4.48. The van der Waals surface area contributed by atoms with Crippen LogP contribution in [-0.2, 0) is 14.8 Å². The summed E-state index contributed by atoms with van der Waals surface area (Å²) < 4.78 is 26.5. The van der Waals surface area contributed by atoms with Crippen LogP contribution in [0.25, 0.3) is 0 Å². The lowest BCUT2D eigenvalue weighted by atomic mass is 10.2. The van der Waals surface area contributed by atoms with Crippen LogP contribution in [0.3, 0.4) is 0 Å². The van der Waals surface area contributed by atoms with Gasteiger partial charge in [-0.3, -0.25) is 4.79 Å². The molecule has 0 radical (unpaired) electrons. The summed E-state index contributed by atoms with van der Waals surface area (Å²) in [5, 5.41) is 18.6. The Morgan fingerprint density at radius 3 is 2.68 bits per heavy atom. The van der Waals surface area contributed by atoms with Crippen molar-refractivity contribution in [1.82, 2.24) is 4.31 Å². The van der Waals surface area contributed by atoms with Gasteiger partial charge in [0.25, 0.3) is 0 Å². The second-order valence-electron chi connectivity index (χ2n) is 4.29. The number of carbonyl (C=O) groups is 1. The first kappa shape index (κ1) is 14.9. The number of β-amino-alcohol motifs (C(OH)–C–C–N with tert-alkyl or cyclic N) is 1. The van der Waals surface area contributed by atoms with Gasteiger partial charge < -0.3 is 10.2 Å². The fourth-order valence-electron chi connectivity index (χ4n) is 2.09. The number of nitrogens with zero attached hydrogens (tertiary/aromatic N) is 1. The molecule has 1 aliphatic heterocycles. The number of carboxylic acid groups (broad SMARTS) is 1. The van der Waals surface area contributed by atoms with Crippen LogP contribution in [-0.4, -0.2) is 47.6 Å². The van der Waals surface area contributed by atoms with E-state index in [1.54, 1.807) is 6.92 Å². The molecule has 0 aromatic carbocycles. The maximum Gasteiger partial charge on any atom is 0.322 e. The number of carboxylic acids is 1. The Morgan fingerprint density at radius 2 is 2.21 bits per heavy atom. The van der Waals surface area contributed by atoms with E-state index in [-0.39, 0.29) is 17.9 Å². The molecule has 1 aromatic heterocycles. The molecule has 2 N–H and O–H groups in total. The van der Waals surface area contributed by atoms with Crippen LogP contribution < -0.4 is 0 Å². The van der Waals surface area contributed by atoms with Gasteiger partial charge in [-0.25, -0.2) is 8.42 Å². The Morgan fingerprint density at radius 1 is 1.58 bits per heavy atom. The van der Waals surface area contributed by atoms with Crippen molar-refractivity contribution >= 4 is 43.3 Å². The molecule has 0 bridgehead atoms. The zero-order valence-corrected chi connectivity index (χ0v) is 13.1. The van der Waals surface area contributed by atoms with E-state index in [9.17, 15) is 18.3 Å². The minimum absolute atomic E-state index is 0.0844. The maximum absolute atomic E-state index is 12.5. The Labute approximate surface area is 122 Å². The van der Waals surface area contributed by atoms with Crippen LogP contribution >= 0.6 is 27.3 Å². The zero-order valence-electron chi connectivity index (χ0n) is 9.91. The van der Waals surface area contributed by atoms with E-state index >= 15 is 0 Å². The van der Waals surface area contributed by atoms with Gasteiger partial charge in [0.05, 0.1) is 14.8 Å². The van der Waals surface area contributed by atoms with Gasteiger partial charge in [0.15, 0.2) is 0 Å². The first-order chi connectivity index (χ1) is 8.73. The Hall–Kier alpha value is -0.480. The average Bonchev–Trinajstić information content (AvgIpc) is 2.82. The molecule has 1 saturated heterocycles. The molecule has 2 rings (SSSR count). The Balaban J connectivity index is 2.44. The molecule has 1 aromatic rings. The van der Waals surface area contributed by atoms with Crippen molar-refractivity contribution < 1.29 is 23.4 Å². The Bertz CT molecular complexity index is 611. The van der Waals surface area contributed by atoms with Crippen LogP contribution in [0.4, 0.5) is 0 Å². The molecule has 9 heteroatoms. The molecule has 0 amide bonds.